The second-order valence-corrected chi connectivity index (χ2v) is 7.67. The number of nitrogens with zero attached hydrogens (tertiary/aromatic N) is 6. The number of hydrogen-bond acceptors (Lipinski definition) is 8. The predicted molar refractivity (Wildman–Crippen MR) is 116 cm³/mol. The van der Waals surface area contributed by atoms with E-state index >= 15 is 0 Å². The normalized spacial score (nSPS) is 14.8. The number of nitrogens with one attached hydrogen (secondary N) is 1. The molecule has 12 heteroatoms. The molecule has 0 amide bonds. The van der Waals surface area contributed by atoms with Gasteiger partial charge in [0, 0.05) is 63.2 Å². The number of nitrogen functional groups attached to an aromatic ring is 1. The topological polar surface area (TPSA) is 101 Å². The van der Waals surface area contributed by atoms with Gasteiger partial charge in [-0.2, -0.15) is 14.5 Å². The monoisotopic (exact) mass is 458 g/mol. The largest absolute Gasteiger partial charge is 0.461 e. The van der Waals surface area contributed by atoms with Crippen molar-refractivity contribution >= 4 is 23.1 Å². The summed E-state index contributed by atoms with van der Waals surface area (Å²) in [5.74, 6) is -1.55. The quantitative estimate of drug-likeness (QED) is 0.426. The van der Waals surface area contributed by atoms with E-state index in [-0.39, 0.29) is 0 Å². The molecule has 9 nitrogen and oxygen atoms in total. The summed E-state index contributed by atoms with van der Waals surface area (Å²) in [6, 6.07) is 7.25. The molecule has 0 spiro atoms. The highest BCUT2D eigenvalue weighted by atomic mass is 19.2. The number of fused-ring (bicyclic) bond motifs is 1. The van der Waals surface area contributed by atoms with E-state index in [1.807, 2.05) is 4.90 Å². The molecule has 1 aliphatic rings. The Hall–Kier alpha value is -3.80. The number of anilines is 3. The van der Waals surface area contributed by atoms with Crippen molar-refractivity contribution < 1.29 is 17.6 Å². The summed E-state index contributed by atoms with van der Waals surface area (Å²) in [5, 5.41) is 7.55. The van der Waals surface area contributed by atoms with E-state index in [9.17, 15) is 13.2 Å². The van der Waals surface area contributed by atoms with E-state index in [0.29, 0.717) is 67.4 Å². The van der Waals surface area contributed by atoms with Gasteiger partial charge in [-0.05, 0) is 12.1 Å². The summed E-state index contributed by atoms with van der Waals surface area (Å²) in [5.41, 5.74) is 6.44. The second kappa shape index (κ2) is 8.62. The molecule has 0 atom stereocenters. The fourth-order valence-corrected chi connectivity index (χ4v) is 3.79. The van der Waals surface area contributed by atoms with Gasteiger partial charge in [0.1, 0.15) is 11.6 Å². The van der Waals surface area contributed by atoms with Gasteiger partial charge in [-0.15, -0.1) is 5.10 Å². The van der Waals surface area contributed by atoms with Crippen LogP contribution in [0.2, 0.25) is 0 Å². The maximum absolute atomic E-state index is 13.5. The van der Waals surface area contributed by atoms with Crippen molar-refractivity contribution in [2.45, 2.75) is 0 Å². The van der Waals surface area contributed by atoms with Gasteiger partial charge in [-0.3, -0.25) is 4.90 Å². The maximum Gasteiger partial charge on any atom is 0.256 e. The maximum atomic E-state index is 13.5. The first-order valence-corrected chi connectivity index (χ1v) is 10.4. The Morgan fingerprint density at radius 1 is 1.03 bits per heavy atom. The summed E-state index contributed by atoms with van der Waals surface area (Å²) >= 11 is 0. The standard InChI is InChI=1S/C21H21F3N8O/c22-14-10-13(11-15(23)19(14)24)31-7-5-30(6-8-31)4-3-26-18-12-17(25)32-21(27-18)28-20(29-32)16-2-1-9-33-16/h1-2,9-12H,3-8,25H2,(H,26,27,28,29). The Balaban J connectivity index is 1.16. The Morgan fingerprint density at radius 3 is 2.48 bits per heavy atom. The number of piperazine rings is 1. The van der Waals surface area contributed by atoms with Crippen molar-refractivity contribution in [3.05, 3.63) is 54.0 Å². The van der Waals surface area contributed by atoms with Crippen molar-refractivity contribution in [3.8, 4) is 11.6 Å². The Bertz CT molecular complexity index is 1250. The van der Waals surface area contributed by atoms with Crippen LogP contribution in [0.15, 0.2) is 41.0 Å². The minimum absolute atomic E-state index is 0.347. The van der Waals surface area contributed by atoms with Crippen LogP contribution in [0.25, 0.3) is 17.4 Å². The number of rotatable bonds is 6. The van der Waals surface area contributed by atoms with Crippen LogP contribution in [0.1, 0.15) is 0 Å². The first-order valence-electron chi connectivity index (χ1n) is 10.4. The van der Waals surface area contributed by atoms with Gasteiger partial charge in [0.25, 0.3) is 5.78 Å². The summed E-state index contributed by atoms with van der Waals surface area (Å²) in [6.07, 6.45) is 1.54. The number of aromatic nitrogens is 4. The summed E-state index contributed by atoms with van der Waals surface area (Å²) in [6.45, 7) is 3.91. The third-order valence-electron chi connectivity index (χ3n) is 5.52. The van der Waals surface area contributed by atoms with E-state index in [4.69, 9.17) is 10.2 Å². The number of furan rings is 1. The zero-order chi connectivity index (χ0) is 22.9. The van der Waals surface area contributed by atoms with Gasteiger partial charge in [0.2, 0.25) is 5.82 Å². The van der Waals surface area contributed by atoms with E-state index in [1.165, 1.54) is 4.52 Å². The molecule has 33 heavy (non-hydrogen) atoms. The lowest BCUT2D eigenvalue weighted by molar-refractivity contribution is 0.267. The first-order chi connectivity index (χ1) is 16.0. The first kappa shape index (κ1) is 21.1. The number of nitrogens with two attached hydrogens (primary N) is 1. The van der Waals surface area contributed by atoms with Gasteiger partial charge in [-0.25, -0.2) is 13.2 Å². The molecule has 1 aliphatic heterocycles. The molecule has 1 aromatic carbocycles. The van der Waals surface area contributed by atoms with Crippen LogP contribution in [-0.2, 0) is 0 Å². The van der Waals surface area contributed by atoms with Gasteiger partial charge in [0.05, 0.1) is 6.26 Å². The average molecular weight is 458 g/mol. The molecule has 3 aromatic heterocycles. The summed E-state index contributed by atoms with van der Waals surface area (Å²) in [7, 11) is 0. The highest BCUT2D eigenvalue weighted by molar-refractivity contribution is 5.56. The highest BCUT2D eigenvalue weighted by Crippen LogP contribution is 2.22. The van der Waals surface area contributed by atoms with E-state index in [1.54, 1.807) is 24.5 Å². The Kier molecular flexibility index (Phi) is 5.50. The zero-order valence-electron chi connectivity index (χ0n) is 17.5. The SMILES string of the molecule is Nc1cc(NCCN2CCN(c3cc(F)c(F)c(F)c3)CC2)nc2nc(-c3ccco3)nn12. The Labute approximate surface area is 186 Å². The minimum Gasteiger partial charge on any atom is -0.461 e. The van der Waals surface area contributed by atoms with Crippen LogP contribution >= 0.6 is 0 Å². The van der Waals surface area contributed by atoms with E-state index in [0.717, 1.165) is 18.7 Å². The second-order valence-electron chi connectivity index (χ2n) is 7.67. The molecule has 1 saturated heterocycles. The average Bonchev–Trinajstić information content (AvgIpc) is 3.48. The number of benzene rings is 1. The minimum atomic E-state index is -1.45. The number of halogens is 3. The fourth-order valence-electron chi connectivity index (χ4n) is 3.79. The molecule has 1 fully saturated rings. The summed E-state index contributed by atoms with van der Waals surface area (Å²) in [4.78, 5) is 12.9. The van der Waals surface area contributed by atoms with Crippen LogP contribution in [0.5, 0.6) is 0 Å². The molecule has 0 bridgehead atoms. The molecule has 3 N–H and O–H groups in total. The lowest BCUT2D eigenvalue weighted by atomic mass is 10.2. The molecule has 172 valence electrons. The van der Waals surface area contributed by atoms with E-state index in [2.05, 4.69) is 25.3 Å². The molecule has 0 radical (unpaired) electrons. The third kappa shape index (κ3) is 4.29. The lowest BCUT2D eigenvalue weighted by Crippen LogP contribution is -2.47. The van der Waals surface area contributed by atoms with Gasteiger partial charge in [0.15, 0.2) is 23.2 Å². The van der Waals surface area contributed by atoms with Crippen LogP contribution in [0.3, 0.4) is 0 Å². The molecular weight excluding hydrogens is 437 g/mol. The van der Waals surface area contributed by atoms with Crippen molar-refractivity contribution in [2.24, 2.45) is 0 Å². The fraction of sp³-hybridized carbons (Fsp3) is 0.286. The highest BCUT2D eigenvalue weighted by Gasteiger charge is 2.20. The van der Waals surface area contributed by atoms with Gasteiger partial charge < -0.3 is 20.4 Å². The van der Waals surface area contributed by atoms with Crippen molar-refractivity contribution in [2.75, 3.05) is 55.2 Å². The van der Waals surface area contributed by atoms with Crippen molar-refractivity contribution in [1.29, 1.82) is 0 Å². The van der Waals surface area contributed by atoms with E-state index < -0.39 is 17.5 Å². The molecule has 0 unspecified atom stereocenters. The molecule has 4 aromatic rings. The smallest absolute Gasteiger partial charge is 0.256 e. The molecule has 0 saturated carbocycles. The molecular formula is C21H21F3N8O. The summed E-state index contributed by atoms with van der Waals surface area (Å²) < 4.78 is 47.0. The van der Waals surface area contributed by atoms with Crippen LogP contribution < -0.4 is 16.0 Å². The van der Waals surface area contributed by atoms with Crippen molar-refractivity contribution in [1.82, 2.24) is 24.5 Å². The number of hydrogen-bond donors (Lipinski definition) is 2. The van der Waals surface area contributed by atoms with Crippen molar-refractivity contribution in [3.63, 3.8) is 0 Å². The van der Waals surface area contributed by atoms with Crippen LogP contribution in [0, 0.1) is 17.5 Å². The Morgan fingerprint density at radius 2 is 1.79 bits per heavy atom. The third-order valence-corrected chi connectivity index (χ3v) is 5.52. The van der Waals surface area contributed by atoms with Gasteiger partial charge in [-0.1, -0.05) is 0 Å². The zero-order valence-corrected chi connectivity index (χ0v) is 17.5. The van der Waals surface area contributed by atoms with Crippen LogP contribution in [-0.4, -0.2) is 63.8 Å². The lowest BCUT2D eigenvalue weighted by Gasteiger charge is -2.36. The molecule has 0 aliphatic carbocycles. The van der Waals surface area contributed by atoms with Crippen LogP contribution in [0.4, 0.5) is 30.5 Å². The molecule has 5 rings (SSSR count). The van der Waals surface area contributed by atoms with Gasteiger partial charge >= 0.3 is 0 Å². The predicted octanol–water partition coefficient (Wildman–Crippen LogP) is 2.62. The molecule has 4 heterocycles.